The van der Waals surface area contributed by atoms with E-state index >= 15 is 0 Å². The monoisotopic (exact) mass is 389 g/mol. The number of alkyl halides is 3. The Labute approximate surface area is 159 Å². The third kappa shape index (κ3) is 4.70. The molecule has 1 N–H and O–H groups in total. The van der Waals surface area contributed by atoms with Crippen LogP contribution in [0.25, 0.3) is 0 Å². The molecule has 0 fully saturated rings. The summed E-state index contributed by atoms with van der Waals surface area (Å²) in [5.41, 5.74) is -0.00945. The second-order valence-electron chi connectivity index (χ2n) is 6.12. The SMILES string of the molecule is Cn1ccnc1[C@@H](NC(=O)COc1cccc(C(F)(F)F)c1)c1ccccc1. The number of carbonyl (C=O) groups excluding carboxylic acids is 1. The van der Waals surface area contributed by atoms with Gasteiger partial charge in [0, 0.05) is 19.4 Å². The molecule has 3 aromatic rings. The number of ether oxygens (including phenoxy) is 1. The molecule has 0 aliphatic carbocycles. The van der Waals surface area contributed by atoms with Crippen molar-refractivity contribution in [2.45, 2.75) is 12.2 Å². The summed E-state index contributed by atoms with van der Waals surface area (Å²) in [6.07, 6.45) is -1.09. The lowest BCUT2D eigenvalue weighted by Gasteiger charge is -2.19. The number of hydrogen-bond donors (Lipinski definition) is 1. The Morgan fingerprint density at radius 3 is 2.57 bits per heavy atom. The zero-order chi connectivity index (χ0) is 20.1. The lowest BCUT2D eigenvalue weighted by atomic mass is 10.1. The number of benzene rings is 2. The number of halogens is 3. The van der Waals surface area contributed by atoms with Gasteiger partial charge in [-0.3, -0.25) is 4.79 Å². The molecule has 0 bridgehead atoms. The van der Waals surface area contributed by atoms with Gasteiger partial charge in [0.15, 0.2) is 6.61 Å². The van der Waals surface area contributed by atoms with Crippen LogP contribution in [0, 0.1) is 0 Å². The summed E-state index contributed by atoms with van der Waals surface area (Å²) >= 11 is 0. The zero-order valence-electron chi connectivity index (χ0n) is 15.0. The second kappa shape index (κ2) is 8.16. The van der Waals surface area contributed by atoms with Gasteiger partial charge in [0.2, 0.25) is 0 Å². The Hall–Kier alpha value is -3.29. The van der Waals surface area contributed by atoms with Gasteiger partial charge in [-0.05, 0) is 23.8 Å². The van der Waals surface area contributed by atoms with Gasteiger partial charge in [-0.2, -0.15) is 13.2 Å². The Bertz CT molecular complexity index is 939. The van der Waals surface area contributed by atoms with Gasteiger partial charge in [-0.1, -0.05) is 36.4 Å². The standard InChI is InChI=1S/C20H18F3N3O2/c1-26-11-10-24-19(26)18(14-6-3-2-4-7-14)25-17(27)13-28-16-9-5-8-15(12-16)20(21,22)23/h2-12,18H,13H2,1H3,(H,25,27)/t18-/m0/s1. The molecule has 0 unspecified atom stereocenters. The molecule has 1 heterocycles. The summed E-state index contributed by atoms with van der Waals surface area (Å²) in [5.74, 6) is 0.117. The molecule has 1 atom stereocenters. The predicted octanol–water partition coefficient (Wildman–Crippen LogP) is 3.72. The summed E-state index contributed by atoms with van der Waals surface area (Å²) in [7, 11) is 1.81. The number of imidazole rings is 1. The molecule has 2 aromatic carbocycles. The van der Waals surface area contributed by atoms with Crippen LogP contribution in [0.2, 0.25) is 0 Å². The molecule has 0 radical (unpaired) electrons. The smallest absolute Gasteiger partial charge is 0.416 e. The van der Waals surface area contributed by atoms with Crippen LogP contribution in [0.5, 0.6) is 5.75 Å². The van der Waals surface area contributed by atoms with Gasteiger partial charge in [-0.25, -0.2) is 4.98 Å². The zero-order valence-corrected chi connectivity index (χ0v) is 15.0. The fraction of sp³-hybridized carbons (Fsp3) is 0.200. The summed E-state index contributed by atoms with van der Waals surface area (Å²) in [6, 6.07) is 13.1. The minimum absolute atomic E-state index is 0.0294. The first kappa shape index (κ1) is 19.5. The topological polar surface area (TPSA) is 56.2 Å². The van der Waals surface area contributed by atoms with Crippen LogP contribution in [0.3, 0.4) is 0 Å². The number of aromatic nitrogens is 2. The number of aryl methyl sites for hydroxylation is 1. The minimum Gasteiger partial charge on any atom is -0.484 e. The van der Waals surface area contributed by atoms with Crippen molar-refractivity contribution in [3.05, 3.63) is 83.9 Å². The molecule has 0 aliphatic heterocycles. The van der Waals surface area contributed by atoms with Gasteiger partial charge in [0.25, 0.3) is 5.91 Å². The third-order valence-corrected chi connectivity index (χ3v) is 4.09. The highest BCUT2D eigenvalue weighted by Crippen LogP contribution is 2.31. The quantitative estimate of drug-likeness (QED) is 0.699. The Morgan fingerprint density at radius 2 is 1.93 bits per heavy atom. The number of carbonyl (C=O) groups is 1. The van der Waals surface area contributed by atoms with E-state index in [1.165, 1.54) is 12.1 Å². The van der Waals surface area contributed by atoms with E-state index in [2.05, 4.69) is 10.3 Å². The largest absolute Gasteiger partial charge is 0.484 e. The van der Waals surface area contributed by atoms with Crippen LogP contribution in [0.1, 0.15) is 23.0 Å². The molecule has 28 heavy (non-hydrogen) atoms. The van der Waals surface area contributed by atoms with Crippen LogP contribution in [-0.4, -0.2) is 22.1 Å². The van der Waals surface area contributed by atoms with Crippen molar-refractivity contribution < 1.29 is 22.7 Å². The Balaban J connectivity index is 1.71. The number of nitrogens with zero attached hydrogens (tertiary/aromatic N) is 2. The maximum absolute atomic E-state index is 12.8. The normalized spacial score (nSPS) is 12.4. The fourth-order valence-corrected chi connectivity index (χ4v) is 2.71. The molecule has 3 rings (SSSR count). The third-order valence-electron chi connectivity index (χ3n) is 4.09. The van der Waals surface area contributed by atoms with E-state index in [9.17, 15) is 18.0 Å². The maximum Gasteiger partial charge on any atom is 0.416 e. The van der Waals surface area contributed by atoms with Crippen molar-refractivity contribution in [1.82, 2.24) is 14.9 Å². The van der Waals surface area contributed by atoms with E-state index in [1.807, 2.05) is 37.4 Å². The Morgan fingerprint density at radius 1 is 1.18 bits per heavy atom. The lowest BCUT2D eigenvalue weighted by molar-refractivity contribution is -0.137. The molecule has 5 nitrogen and oxygen atoms in total. The molecule has 8 heteroatoms. The van der Waals surface area contributed by atoms with Crippen LogP contribution in [0.15, 0.2) is 67.0 Å². The lowest BCUT2D eigenvalue weighted by Crippen LogP contribution is -2.34. The van der Waals surface area contributed by atoms with Crippen molar-refractivity contribution in [2.75, 3.05) is 6.61 Å². The van der Waals surface area contributed by atoms with E-state index in [-0.39, 0.29) is 5.75 Å². The predicted molar refractivity (Wildman–Crippen MR) is 96.6 cm³/mol. The highest BCUT2D eigenvalue weighted by atomic mass is 19.4. The average molecular weight is 389 g/mol. The molecular weight excluding hydrogens is 371 g/mol. The van der Waals surface area contributed by atoms with Crippen LogP contribution in [-0.2, 0) is 18.0 Å². The van der Waals surface area contributed by atoms with Crippen molar-refractivity contribution in [1.29, 1.82) is 0 Å². The van der Waals surface area contributed by atoms with Crippen molar-refractivity contribution >= 4 is 5.91 Å². The molecule has 0 saturated carbocycles. The molecule has 0 spiro atoms. The number of nitrogens with one attached hydrogen (secondary N) is 1. The molecule has 0 saturated heterocycles. The fourth-order valence-electron chi connectivity index (χ4n) is 2.71. The molecule has 146 valence electrons. The highest BCUT2D eigenvalue weighted by Gasteiger charge is 2.30. The number of amides is 1. The average Bonchev–Trinajstić information content (AvgIpc) is 3.10. The van der Waals surface area contributed by atoms with E-state index < -0.39 is 30.3 Å². The van der Waals surface area contributed by atoms with Crippen LogP contribution >= 0.6 is 0 Å². The van der Waals surface area contributed by atoms with Crippen LogP contribution in [0.4, 0.5) is 13.2 Å². The number of rotatable bonds is 6. The molecule has 1 aromatic heterocycles. The van der Waals surface area contributed by atoms with Crippen molar-refractivity contribution in [3.8, 4) is 5.75 Å². The molecule has 1 amide bonds. The molecular formula is C20H18F3N3O2. The summed E-state index contributed by atoms with van der Waals surface area (Å²) in [6.45, 7) is -0.422. The Kier molecular flexibility index (Phi) is 5.67. The summed E-state index contributed by atoms with van der Waals surface area (Å²) in [4.78, 5) is 16.7. The number of hydrogen-bond acceptors (Lipinski definition) is 3. The van der Waals surface area contributed by atoms with Crippen molar-refractivity contribution in [2.24, 2.45) is 7.05 Å². The van der Waals surface area contributed by atoms with Gasteiger partial charge >= 0.3 is 6.18 Å². The first-order valence-electron chi connectivity index (χ1n) is 8.46. The van der Waals surface area contributed by atoms with Gasteiger partial charge in [0.1, 0.15) is 17.6 Å². The van der Waals surface area contributed by atoms with E-state index in [0.717, 1.165) is 17.7 Å². The van der Waals surface area contributed by atoms with Crippen LogP contribution < -0.4 is 10.1 Å². The van der Waals surface area contributed by atoms with Gasteiger partial charge < -0.3 is 14.6 Å². The maximum atomic E-state index is 12.8. The van der Waals surface area contributed by atoms with Crippen molar-refractivity contribution in [3.63, 3.8) is 0 Å². The summed E-state index contributed by atoms with van der Waals surface area (Å²) in [5, 5.41) is 2.82. The highest BCUT2D eigenvalue weighted by molar-refractivity contribution is 5.78. The van der Waals surface area contributed by atoms with E-state index in [1.54, 1.807) is 17.0 Å². The first-order chi connectivity index (χ1) is 13.3. The first-order valence-corrected chi connectivity index (χ1v) is 8.46. The summed E-state index contributed by atoms with van der Waals surface area (Å²) < 4.78 is 45.4. The molecule has 0 aliphatic rings. The second-order valence-corrected chi connectivity index (χ2v) is 6.12. The van der Waals surface area contributed by atoms with Gasteiger partial charge in [0.05, 0.1) is 5.56 Å². The minimum atomic E-state index is -4.47. The van der Waals surface area contributed by atoms with E-state index in [0.29, 0.717) is 5.82 Å². The van der Waals surface area contributed by atoms with Gasteiger partial charge in [-0.15, -0.1) is 0 Å². The van der Waals surface area contributed by atoms with E-state index in [4.69, 9.17) is 4.74 Å².